The van der Waals surface area contributed by atoms with Crippen molar-refractivity contribution in [3.63, 3.8) is 0 Å². The second-order valence-corrected chi connectivity index (χ2v) is 6.95. The van der Waals surface area contributed by atoms with Crippen LogP contribution in [-0.2, 0) is 4.79 Å². The molecule has 2 amide bonds. The first-order valence-corrected chi connectivity index (χ1v) is 9.10. The van der Waals surface area contributed by atoms with Crippen LogP contribution in [0, 0.1) is 0 Å². The van der Waals surface area contributed by atoms with Gasteiger partial charge in [-0.3, -0.25) is 14.5 Å². The van der Waals surface area contributed by atoms with Crippen molar-refractivity contribution in [1.29, 1.82) is 0 Å². The van der Waals surface area contributed by atoms with Gasteiger partial charge in [-0.25, -0.2) is 0 Å². The van der Waals surface area contributed by atoms with Gasteiger partial charge < -0.3 is 10.2 Å². The van der Waals surface area contributed by atoms with Crippen LogP contribution in [0.4, 0.5) is 5.69 Å². The lowest BCUT2D eigenvalue weighted by atomic mass is 10.2. The van der Waals surface area contributed by atoms with Gasteiger partial charge in [-0.15, -0.1) is 0 Å². The fourth-order valence-corrected chi connectivity index (χ4v) is 3.20. The van der Waals surface area contributed by atoms with Crippen molar-refractivity contribution < 1.29 is 9.59 Å². The Morgan fingerprint density at radius 3 is 2.35 bits per heavy atom. The Bertz CT molecular complexity index is 791. The molecule has 1 aliphatic heterocycles. The fourth-order valence-electron chi connectivity index (χ4n) is 2.86. The first-order valence-electron chi connectivity index (χ1n) is 8.34. The highest BCUT2D eigenvalue weighted by atomic mass is 35.5. The third-order valence-corrected chi connectivity index (χ3v) is 4.81. The van der Waals surface area contributed by atoms with E-state index in [1.165, 1.54) is 0 Å². The van der Waals surface area contributed by atoms with Crippen LogP contribution < -0.4 is 5.32 Å². The van der Waals surface area contributed by atoms with E-state index in [0.717, 1.165) is 0 Å². The summed E-state index contributed by atoms with van der Waals surface area (Å²) in [6.45, 7) is 2.73. The molecule has 1 saturated heterocycles. The molecular formula is C19H19Cl2N3O2. The topological polar surface area (TPSA) is 52.7 Å². The maximum atomic E-state index is 12.4. The van der Waals surface area contributed by atoms with Gasteiger partial charge in [0.2, 0.25) is 5.91 Å². The number of halogens is 2. The summed E-state index contributed by atoms with van der Waals surface area (Å²) in [6.07, 6.45) is 0. The first-order chi connectivity index (χ1) is 12.5. The summed E-state index contributed by atoms with van der Waals surface area (Å²) in [5.41, 5.74) is 1.19. The standard InChI is InChI=1S/C19H19Cl2N3O2/c20-15-6-7-16(21)17(12-15)22-18(25)13-23-8-10-24(11-9-23)19(26)14-4-2-1-3-5-14/h1-7,12H,8-11,13H2,(H,22,25). The second kappa shape index (κ2) is 8.54. The summed E-state index contributed by atoms with van der Waals surface area (Å²) >= 11 is 12.0. The summed E-state index contributed by atoms with van der Waals surface area (Å²) in [7, 11) is 0. The lowest BCUT2D eigenvalue weighted by Gasteiger charge is -2.34. The molecule has 7 heteroatoms. The molecule has 136 valence electrons. The molecule has 5 nitrogen and oxygen atoms in total. The number of amides is 2. The lowest BCUT2D eigenvalue weighted by Crippen LogP contribution is -2.50. The molecule has 1 aliphatic rings. The molecule has 0 radical (unpaired) electrons. The van der Waals surface area contributed by atoms with E-state index < -0.39 is 0 Å². The first kappa shape index (κ1) is 18.7. The molecule has 1 N–H and O–H groups in total. The molecule has 26 heavy (non-hydrogen) atoms. The van der Waals surface area contributed by atoms with Gasteiger partial charge in [-0.2, -0.15) is 0 Å². The molecule has 0 spiro atoms. The Kier molecular flexibility index (Phi) is 6.14. The number of benzene rings is 2. The summed E-state index contributed by atoms with van der Waals surface area (Å²) in [6, 6.07) is 14.2. The average Bonchev–Trinajstić information content (AvgIpc) is 2.65. The Morgan fingerprint density at radius 2 is 1.65 bits per heavy atom. The maximum absolute atomic E-state index is 12.4. The molecule has 0 saturated carbocycles. The van der Waals surface area contributed by atoms with Gasteiger partial charge >= 0.3 is 0 Å². The van der Waals surface area contributed by atoms with Gasteiger partial charge in [0.15, 0.2) is 0 Å². The third-order valence-electron chi connectivity index (χ3n) is 4.25. The van der Waals surface area contributed by atoms with Crippen molar-refractivity contribution in [2.75, 3.05) is 38.0 Å². The highest BCUT2D eigenvalue weighted by Gasteiger charge is 2.23. The molecule has 1 heterocycles. The van der Waals surface area contributed by atoms with Crippen LogP contribution >= 0.6 is 23.2 Å². The second-order valence-electron chi connectivity index (χ2n) is 6.11. The van der Waals surface area contributed by atoms with E-state index in [2.05, 4.69) is 5.32 Å². The Hall–Kier alpha value is -2.08. The van der Waals surface area contributed by atoms with Crippen molar-refractivity contribution in [3.05, 3.63) is 64.1 Å². The number of rotatable bonds is 4. The summed E-state index contributed by atoms with van der Waals surface area (Å²) < 4.78 is 0. The number of hydrogen-bond acceptors (Lipinski definition) is 3. The Balaban J connectivity index is 1.50. The zero-order chi connectivity index (χ0) is 18.5. The third kappa shape index (κ3) is 4.75. The van der Waals surface area contributed by atoms with Crippen molar-refractivity contribution in [2.45, 2.75) is 0 Å². The van der Waals surface area contributed by atoms with Gasteiger partial charge in [-0.1, -0.05) is 41.4 Å². The van der Waals surface area contributed by atoms with Gasteiger partial charge in [0, 0.05) is 36.8 Å². The number of carbonyl (C=O) groups is 2. The van der Waals surface area contributed by atoms with E-state index in [1.807, 2.05) is 40.1 Å². The van der Waals surface area contributed by atoms with Gasteiger partial charge in [0.1, 0.15) is 0 Å². The number of hydrogen-bond donors (Lipinski definition) is 1. The largest absolute Gasteiger partial charge is 0.336 e. The van der Waals surface area contributed by atoms with Gasteiger partial charge in [0.25, 0.3) is 5.91 Å². The van der Waals surface area contributed by atoms with E-state index in [1.54, 1.807) is 18.2 Å². The number of nitrogens with zero attached hydrogens (tertiary/aromatic N) is 2. The summed E-state index contributed by atoms with van der Waals surface area (Å²) in [5.74, 6) is -0.127. The molecule has 0 aliphatic carbocycles. The van der Waals surface area contributed by atoms with Crippen molar-refractivity contribution in [3.8, 4) is 0 Å². The van der Waals surface area contributed by atoms with E-state index in [0.29, 0.717) is 47.5 Å². The van der Waals surface area contributed by atoms with Crippen molar-refractivity contribution >= 4 is 40.7 Å². The maximum Gasteiger partial charge on any atom is 0.253 e. The predicted molar refractivity (Wildman–Crippen MR) is 104 cm³/mol. The minimum Gasteiger partial charge on any atom is -0.336 e. The van der Waals surface area contributed by atoms with Crippen LogP contribution in [0.2, 0.25) is 10.0 Å². The number of piperazine rings is 1. The minimum atomic E-state index is -0.156. The quantitative estimate of drug-likeness (QED) is 0.868. The SMILES string of the molecule is O=C(CN1CCN(C(=O)c2ccccc2)CC1)Nc1cc(Cl)ccc1Cl. The zero-order valence-corrected chi connectivity index (χ0v) is 15.6. The van der Waals surface area contributed by atoms with Crippen LogP contribution in [0.3, 0.4) is 0 Å². The summed E-state index contributed by atoms with van der Waals surface area (Å²) in [4.78, 5) is 28.5. The molecular weight excluding hydrogens is 373 g/mol. The van der Waals surface area contributed by atoms with Crippen LogP contribution in [0.25, 0.3) is 0 Å². The van der Waals surface area contributed by atoms with Gasteiger partial charge in [-0.05, 0) is 30.3 Å². The molecule has 0 aromatic heterocycles. The Morgan fingerprint density at radius 1 is 0.962 bits per heavy atom. The highest BCUT2D eigenvalue weighted by molar-refractivity contribution is 6.35. The molecule has 0 unspecified atom stereocenters. The lowest BCUT2D eigenvalue weighted by molar-refractivity contribution is -0.117. The van der Waals surface area contributed by atoms with Crippen LogP contribution in [-0.4, -0.2) is 54.3 Å². The molecule has 0 bridgehead atoms. The van der Waals surface area contributed by atoms with E-state index in [9.17, 15) is 9.59 Å². The zero-order valence-electron chi connectivity index (χ0n) is 14.1. The molecule has 1 fully saturated rings. The van der Waals surface area contributed by atoms with E-state index >= 15 is 0 Å². The average molecular weight is 392 g/mol. The van der Waals surface area contributed by atoms with Crippen LogP contribution in [0.5, 0.6) is 0 Å². The molecule has 2 aromatic carbocycles. The molecule has 2 aromatic rings. The molecule has 3 rings (SSSR count). The predicted octanol–water partition coefficient (Wildman–Crippen LogP) is 3.39. The highest BCUT2D eigenvalue weighted by Crippen LogP contribution is 2.25. The number of anilines is 1. The monoisotopic (exact) mass is 391 g/mol. The van der Waals surface area contributed by atoms with E-state index in [-0.39, 0.29) is 18.4 Å². The van der Waals surface area contributed by atoms with Crippen LogP contribution in [0.15, 0.2) is 48.5 Å². The van der Waals surface area contributed by atoms with Crippen molar-refractivity contribution in [2.24, 2.45) is 0 Å². The Labute approximate surface area is 162 Å². The number of nitrogens with one attached hydrogen (secondary N) is 1. The van der Waals surface area contributed by atoms with Crippen molar-refractivity contribution in [1.82, 2.24) is 9.80 Å². The van der Waals surface area contributed by atoms with Crippen LogP contribution in [0.1, 0.15) is 10.4 Å². The summed E-state index contributed by atoms with van der Waals surface area (Å²) in [5, 5.41) is 3.74. The smallest absolute Gasteiger partial charge is 0.253 e. The van der Waals surface area contributed by atoms with Gasteiger partial charge in [0.05, 0.1) is 17.3 Å². The fraction of sp³-hybridized carbons (Fsp3) is 0.263. The minimum absolute atomic E-state index is 0.0282. The molecule has 0 atom stereocenters. The normalized spacial score (nSPS) is 14.9. The van der Waals surface area contributed by atoms with E-state index in [4.69, 9.17) is 23.2 Å². The number of carbonyl (C=O) groups excluding carboxylic acids is 2.